The maximum absolute atomic E-state index is 4.83. The highest BCUT2D eigenvalue weighted by Crippen LogP contribution is 2.38. The Balaban J connectivity index is 1.72. The van der Waals surface area contributed by atoms with Crippen LogP contribution in [0.3, 0.4) is 0 Å². The summed E-state index contributed by atoms with van der Waals surface area (Å²) < 4.78 is 0. The quantitative estimate of drug-likeness (QED) is 0.429. The van der Waals surface area contributed by atoms with Crippen molar-refractivity contribution in [2.24, 2.45) is 0 Å². The Kier molecular flexibility index (Phi) is 3.72. The van der Waals surface area contributed by atoms with Gasteiger partial charge in [-0.2, -0.15) is 0 Å². The fourth-order valence-electron chi connectivity index (χ4n) is 3.21. The molecule has 2 aliphatic heterocycles. The molecule has 1 aromatic rings. The first kappa shape index (κ1) is 15.5. The number of fused-ring (bicyclic) bond motifs is 2. The third kappa shape index (κ3) is 2.87. The Morgan fingerprint density at radius 3 is 1.63 bits per heavy atom. The lowest BCUT2D eigenvalue weighted by molar-refractivity contribution is 1.12. The first-order valence-corrected chi connectivity index (χ1v) is 8.81. The zero-order chi connectivity index (χ0) is 18.1. The van der Waals surface area contributed by atoms with Gasteiger partial charge >= 0.3 is 0 Å². The van der Waals surface area contributed by atoms with E-state index in [2.05, 4.69) is 29.2 Å². The second kappa shape index (κ2) is 6.50. The molecule has 3 heterocycles. The average Bonchev–Trinajstić information content (AvgIpc) is 3.11. The highest BCUT2D eigenvalue weighted by atomic mass is 15.3. The van der Waals surface area contributed by atoms with Crippen LogP contribution in [0.2, 0.25) is 0 Å². The molecule has 128 valence electrons. The minimum Gasteiger partial charge on any atom is -0.262 e. The van der Waals surface area contributed by atoms with Gasteiger partial charge in [0, 0.05) is 17.3 Å². The van der Waals surface area contributed by atoms with Gasteiger partial charge in [0.1, 0.15) is 17.5 Å². The summed E-state index contributed by atoms with van der Waals surface area (Å²) in [5, 5.41) is 0. The van der Waals surface area contributed by atoms with E-state index in [0.29, 0.717) is 0 Å². The third-order valence-corrected chi connectivity index (χ3v) is 4.47. The lowest BCUT2D eigenvalue weighted by Crippen LogP contribution is -2.11. The molecule has 4 aliphatic rings. The van der Waals surface area contributed by atoms with Crippen LogP contribution < -0.4 is 4.90 Å². The molecule has 5 rings (SSSR count). The second-order valence-electron chi connectivity index (χ2n) is 6.25. The van der Waals surface area contributed by atoms with Crippen molar-refractivity contribution < 1.29 is 0 Å². The molecule has 0 N–H and O–H groups in total. The molecule has 4 heteroatoms. The Hall–Kier alpha value is -3.79. The fourth-order valence-corrected chi connectivity index (χ4v) is 3.21. The summed E-state index contributed by atoms with van der Waals surface area (Å²) in [6.07, 6.45) is 1.79. The van der Waals surface area contributed by atoms with Gasteiger partial charge in [-0.25, -0.2) is 15.0 Å². The highest BCUT2D eigenvalue weighted by Gasteiger charge is 2.21. The number of aromatic nitrogens is 3. The third-order valence-electron chi connectivity index (χ3n) is 4.47. The lowest BCUT2D eigenvalue weighted by Gasteiger charge is -2.18. The summed E-state index contributed by atoms with van der Waals surface area (Å²) in [6, 6.07) is 30.2. The maximum Gasteiger partial charge on any atom is 0.141 e. The van der Waals surface area contributed by atoms with E-state index in [9.17, 15) is 0 Å². The molecule has 1 aromatic heterocycles. The minimum absolute atomic E-state index is 0.789. The van der Waals surface area contributed by atoms with Gasteiger partial charge in [-0.1, -0.05) is 54.6 Å². The smallest absolute Gasteiger partial charge is 0.141 e. The molecule has 0 saturated heterocycles. The summed E-state index contributed by atoms with van der Waals surface area (Å²) in [4.78, 5) is 16.2. The van der Waals surface area contributed by atoms with E-state index in [1.807, 2.05) is 71.6 Å². The van der Waals surface area contributed by atoms with E-state index in [1.54, 1.807) is 6.20 Å². The van der Waals surface area contributed by atoms with E-state index in [0.717, 1.165) is 40.0 Å². The molecule has 0 aromatic carbocycles. The number of nitrogens with zero attached hydrogens (tertiary/aromatic N) is 4. The summed E-state index contributed by atoms with van der Waals surface area (Å²) in [5.41, 5.74) is 4.05. The minimum atomic E-state index is 0.789. The van der Waals surface area contributed by atoms with Crippen molar-refractivity contribution in [2.75, 3.05) is 4.90 Å². The van der Waals surface area contributed by atoms with Gasteiger partial charge < -0.3 is 0 Å². The van der Waals surface area contributed by atoms with Crippen molar-refractivity contribution in [1.82, 2.24) is 15.0 Å². The van der Waals surface area contributed by atoms with Crippen LogP contribution in [0.5, 0.6) is 0 Å². The predicted octanol–water partition coefficient (Wildman–Crippen LogP) is 5.55. The Morgan fingerprint density at radius 1 is 0.519 bits per heavy atom. The largest absolute Gasteiger partial charge is 0.262 e. The van der Waals surface area contributed by atoms with Crippen LogP contribution in [-0.4, -0.2) is 15.0 Å². The standard InChI is InChI=1S/C23H16N4/c1-3-9-17-15-22(25-19(17)11-5-1)27(21-13-7-8-14-24-21)23-16-18-10-4-2-6-12-20(18)26-23/h1-16H. The normalized spacial score (nSPS) is 11.0. The molecule has 0 spiro atoms. The monoisotopic (exact) mass is 348 g/mol. The first-order chi connectivity index (χ1) is 13.4. The first-order valence-electron chi connectivity index (χ1n) is 8.81. The fraction of sp³-hybridized carbons (Fsp3) is 0. The molecule has 0 amide bonds. The number of hydrogen-bond donors (Lipinski definition) is 0. The van der Waals surface area contributed by atoms with Gasteiger partial charge in [-0.05, 0) is 36.4 Å². The SMILES string of the molecule is c1ccc2cc(N(c3ccccn3)c3cc4cccccc-4n3)nc-2cc1. The van der Waals surface area contributed by atoms with Crippen LogP contribution in [0.15, 0.2) is 97.2 Å². The van der Waals surface area contributed by atoms with Crippen LogP contribution in [0.25, 0.3) is 22.5 Å². The van der Waals surface area contributed by atoms with E-state index in [4.69, 9.17) is 9.97 Å². The summed E-state index contributed by atoms with van der Waals surface area (Å²) >= 11 is 0. The van der Waals surface area contributed by atoms with E-state index in [1.165, 1.54) is 0 Å². The average molecular weight is 348 g/mol. The van der Waals surface area contributed by atoms with Crippen LogP contribution in [0.1, 0.15) is 0 Å². The Labute approximate surface area is 157 Å². The highest BCUT2D eigenvalue weighted by molar-refractivity contribution is 5.80. The summed E-state index contributed by atoms with van der Waals surface area (Å²) in [6.45, 7) is 0. The molecule has 2 aliphatic carbocycles. The number of pyridine rings is 1. The number of hydrogen-bond acceptors (Lipinski definition) is 4. The molecule has 0 atom stereocenters. The molecular weight excluding hydrogens is 332 g/mol. The molecular formula is C23H16N4. The van der Waals surface area contributed by atoms with Gasteiger partial charge in [0.05, 0.1) is 11.4 Å². The van der Waals surface area contributed by atoms with Gasteiger partial charge in [0.2, 0.25) is 0 Å². The van der Waals surface area contributed by atoms with Crippen molar-refractivity contribution in [2.45, 2.75) is 0 Å². The molecule has 0 bridgehead atoms. The van der Waals surface area contributed by atoms with Crippen molar-refractivity contribution in [3.63, 3.8) is 0 Å². The van der Waals surface area contributed by atoms with Gasteiger partial charge in [-0.3, -0.25) is 4.90 Å². The number of rotatable bonds is 3. The molecule has 0 radical (unpaired) electrons. The Bertz CT molecular complexity index is 1010. The predicted molar refractivity (Wildman–Crippen MR) is 108 cm³/mol. The summed E-state index contributed by atoms with van der Waals surface area (Å²) in [7, 11) is 0. The molecule has 27 heavy (non-hydrogen) atoms. The maximum atomic E-state index is 4.83. The Morgan fingerprint density at radius 2 is 1.07 bits per heavy atom. The van der Waals surface area contributed by atoms with Gasteiger partial charge in [0.25, 0.3) is 0 Å². The summed E-state index contributed by atoms with van der Waals surface area (Å²) in [5.74, 6) is 2.40. The van der Waals surface area contributed by atoms with E-state index < -0.39 is 0 Å². The van der Waals surface area contributed by atoms with Crippen LogP contribution in [0.4, 0.5) is 17.5 Å². The van der Waals surface area contributed by atoms with Crippen LogP contribution in [0, 0.1) is 0 Å². The van der Waals surface area contributed by atoms with E-state index in [-0.39, 0.29) is 0 Å². The molecule has 0 unspecified atom stereocenters. The van der Waals surface area contributed by atoms with Gasteiger partial charge in [-0.15, -0.1) is 0 Å². The van der Waals surface area contributed by atoms with Crippen molar-refractivity contribution in [3.05, 3.63) is 97.2 Å². The molecule has 0 saturated carbocycles. The van der Waals surface area contributed by atoms with Crippen molar-refractivity contribution in [3.8, 4) is 22.5 Å². The molecule has 4 nitrogen and oxygen atoms in total. The number of anilines is 3. The second-order valence-corrected chi connectivity index (χ2v) is 6.25. The van der Waals surface area contributed by atoms with Crippen molar-refractivity contribution in [1.29, 1.82) is 0 Å². The van der Waals surface area contributed by atoms with Crippen molar-refractivity contribution >= 4 is 17.5 Å². The van der Waals surface area contributed by atoms with E-state index >= 15 is 0 Å². The van der Waals surface area contributed by atoms with Crippen LogP contribution >= 0.6 is 0 Å². The molecule has 0 fully saturated rings. The van der Waals surface area contributed by atoms with Gasteiger partial charge in [0.15, 0.2) is 0 Å². The zero-order valence-corrected chi connectivity index (χ0v) is 14.5. The lowest BCUT2D eigenvalue weighted by atomic mass is 10.2. The van der Waals surface area contributed by atoms with Crippen LogP contribution in [-0.2, 0) is 0 Å². The topological polar surface area (TPSA) is 41.9 Å². The zero-order valence-electron chi connectivity index (χ0n) is 14.5.